The van der Waals surface area contributed by atoms with E-state index in [-0.39, 0.29) is 37.2 Å². The van der Waals surface area contributed by atoms with E-state index in [1.165, 1.54) is 0 Å². The molecule has 3 aliphatic carbocycles. The molecular weight excluding hydrogens is 568 g/mol. The highest BCUT2D eigenvalue weighted by Crippen LogP contribution is 2.67. The highest BCUT2D eigenvalue weighted by molar-refractivity contribution is 5.90. The predicted molar refractivity (Wildman–Crippen MR) is 156 cm³/mol. The Labute approximate surface area is 258 Å². The first-order valence-corrected chi connectivity index (χ1v) is 15.7. The van der Waals surface area contributed by atoms with Gasteiger partial charge in [-0.1, -0.05) is 52.8 Å². The largest absolute Gasteiger partial charge is 0.465 e. The van der Waals surface area contributed by atoms with Crippen molar-refractivity contribution >= 4 is 17.7 Å². The van der Waals surface area contributed by atoms with Gasteiger partial charge < -0.3 is 33.9 Å². The summed E-state index contributed by atoms with van der Waals surface area (Å²) in [6.45, 7) is 12.6. The molecule has 2 heterocycles. The monoisotopic (exact) mass is 612 g/mol. The molecule has 0 radical (unpaired) electrons. The van der Waals surface area contributed by atoms with Gasteiger partial charge in [0.2, 0.25) is 5.79 Å². The molecule has 6 rings (SSSR count). The van der Waals surface area contributed by atoms with Crippen LogP contribution in [0.5, 0.6) is 0 Å². The topological polar surface area (TPSA) is 138 Å². The van der Waals surface area contributed by atoms with Crippen LogP contribution in [0.1, 0.15) is 84.5 Å². The number of rotatable bonds is 5. The number of ether oxygens (including phenoxy) is 5. The lowest BCUT2D eigenvalue weighted by Crippen LogP contribution is -2.81. The molecule has 10 heteroatoms. The summed E-state index contributed by atoms with van der Waals surface area (Å²) >= 11 is 0. The van der Waals surface area contributed by atoms with Crippen LogP contribution < -0.4 is 0 Å². The summed E-state index contributed by atoms with van der Waals surface area (Å²) in [4.78, 5) is 41.0. The van der Waals surface area contributed by atoms with E-state index in [4.69, 9.17) is 23.7 Å². The molecule has 4 fully saturated rings. The van der Waals surface area contributed by atoms with Crippen LogP contribution in [0.25, 0.3) is 0 Å². The first-order chi connectivity index (χ1) is 20.5. The summed E-state index contributed by atoms with van der Waals surface area (Å²) in [7, 11) is 0. The quantitative estimate of drug-likeness (QED) is 0.472. The zero-order chi connectivity index (χ0) is 32.0. The molecule has 0 spiro atoms. The van der Waals surface area contributed by atoms with Gasteiger partial charge in [0.15, 0.2) is 5.60 Å². The fourth-order valence-electron chi connectivity index (χ4n) is 8.70. The molecule has 5 aliphatic rings. The van der Waals surface area contributed by atoms with Crippen molar-refractivity contribution in [3.63, 3.8) is 0 Å². The average molecular weight is 613 g/mol. The molecule has 2 saturated carbocycles. The number of carbonyl (C=O) groups is 3. The maximum absolute atomic E-state index is 13.9. The number of aliphatic hydroxyl groups excluding tert-OH is 1. The zero-order valence-corrected chi connectivity index (χ0v) is 26.5. The Hall–Kier alpha value is -2.79. The molecule has 0 amide bonds. The van der Waals surface area contributed by atoms with Crippen LogP contribution in [-0.4, -0.2) is 75.9 Å². The Kier molecular flexibility index (Phi) is 7.17. The molecule has 2 aliphatic heterocycles. The van der Waals surface area contributed by atoms with Crippen molar-refractivity contribution in [2.75, 3.05) is 6.61 Å². The van der Waals surface area contributed by atoms with Gasteiger partial charge in [0.05, 0.1) is 24.2 Å². The van der Waals surface area contributed by atoms with Crippen LogP contribution in [-0.2, 0) is 33.3 Å². The van der Waals surface area contributed by atoms with Crippen molar-refractivity contribution in [2.24, 2.45) is 22.7 Å². The fourth-order valence-corrected chi connectivity index (χ4v) is 8.70. The van der Waals surface area contributed by atoms with Gasteiger partial charge in [0.25, 0.3) is 0 Å². The van der Waals surface area contributed by atoms with E-state index in [1.54, 1.807) is 51.1 Å². The van der Waals surface area contributed by atoms with Crippen molar-refractivity contribution in [1.29, 1.82) is 0 Å². The van der Waals surface area contributed by atoms with Crippen molar-refractivity contribution in [3.05, 3.63) is 47.2 Å². The summed E-state index contributed by atoms with van der Waals surface area (Å²) in [6, 6.07) is 8.40. The number of ketones is 1. The molecule has 240 valence electrons. The second-order valence-electron chi connectivity index (χ2n) is 14.5. The number of Topliss-reactive ketones (excluding diaryl/α,β-unsaturated/α-hetero) is 1. The minimum absolute atomic E-state index is 0.0385. The minimum Gasteiger partial charge on any atom is -0.465 e. The Balaban J connectivity index is 1.66. The molecule has 10 nitrogen and oxygen atoms in total. The Morgan fingerprint density at radius 3 is 2.39 bits per heavy atom. The van der Waals surface area contributed by atoms with Crippen LogP contribution in [0, 0.1) is 22.7 Å². The van der Waals surface area contributed by atoms with Crippen LogP contribution in [0.3, 0.4) is 0 Å². The van der Waals surface area contributed by atoms with Crippen LogP contribution >= 0.6 is 0 Å². The van der Waals surface area contributed by atoms with Crippen molar-refractivity contribution in [1.82, 2.24) is 0 Å². The molecule has 0 aromatic heterocycles. The van der Waals surface area contributed by atoms with Gasteiger partial charge in [0.1, 0.15) is 35.5 Å². The van der Waals surface area contributed by atoms with Gasteiger partial charge in [-0.2, -0.15) is 0 Å². The third-order valence-electron chi connectivity index (χ3n) is 11.1. The van der Waals surface area contributed by atoms with Gasteiger partial charge in [-0.05, 0) is 24.1 Å². The third-order valence-corrected chi connectivity index (χ3v) is 11.1. The van der Waals surface area contributed by atoms with E-state index in [1.807, 2.05) is 27.7 Å². The molecule has 1 unspecified atom stereocenters. The third kappa shape index (κ3) is 4.17. The Morgan fingerprint density at radius 2 is 1.77 bits per heavy atom. The molecule has 9 atom stereocenters. The van der Waals surface area contributed by atoms with E-state index < -0.39 is 76.0 Å². The molecule has 1 aromatic carbocycles. The summed E-state index contributed by atoms with van der Waals surface area (Å²) in [5, 5.41) is 25.1. The van der Waals surface area contributed by atoms with Gasteiger partial charge in [-0.3, -0.25) is 9.59 Å². The van der Waals surface area contributed by atoms with Gasteiger partial charge in [-0.25, -0.2) is 4.79 Å². The molecule has 2 bridgehead atoms. The van der Waals surface area contributed by atoms with E-state index in [0.29, 0.717) is 17.8 Å². The molecule has 2 N–H and O–H groups in total. The highest BCUT2D eigenvalue weighted by Gasteiger charge is 2.78. The van der Waals surface area contributed by atoms with Crippen LogP contribution in [0.15, 0.2) is 41.7 Å². The number of benzene rings is 1. The summed E-state index contributed by atoms with van der Waals surface area (Å²) in [5.74, 6) is -3.88. The summed E-state index contributed by atoms with van der Waals surface area (Å²) in [6.07, 6.45) is -3.71. The Morgan fingerprint density at radius 1 is 1.09 bits per heavy atom. The fraction of sp³-hybridized carbons (Fsp3) is 0.676. The van der Waals surface area contributed by atoms with E-state index in [2.05, 4.69) is 0 Å². The summed E-state index contributed by atoms with van der Waals surface area (Å²) in [5.41, 5.74) is -5.09. The Bertz CT molecular complexity index is 1400. The van der Waals surface area contributed by atoms with E-state index >= 15 is 0 Å². The first-order valence-electron chi connectivity index (χ1n) is 15.7. The van der Waals surface area contributed by atoms with E-state index in [9.17, 15) is 24.6 Å². The van der Waals surface area contributed by atoms with E-state index in [0.717, 1.165) is 0 Å². The smallest absolute Gasteiger partial charge is 0.338 e. The molecule has 1 aromatic rings. The minimum atomic E-state index is -1.99. The lowest BCUT2D eigenvalue weighted by atomic mass is 9.44. The summed E-state index contributed by atoms with van der Waals surface area (Å²) < 4.78 is 31.8. The van der Waals surface area contributed by atoms with Gasteiger partial charge in [-0.15, -0.1) is 0 Å². The van der Waals surface area contributed by atoms with Crippen LogP contribution in [0.4, 0.5) is 0 Å². The van der Waals surface area contributed by atoms with Crippen LogP contribution in [0.2, 0.25) is 0 Å². The normalized spacial score (nSPS) is 41.5. The standard InChI is InChI=1S/C34H44O10/c1-8-12-23(37)42-33-17-40-22(33)15-21(36)32(7)26(33)28(41-29(38)19-13-10-9-11-14-19)34(39)16-20(35)18(2)24(30(34,3)4)25-27(32)44-31(5,6)43-25/h9-11,13-14,18,21-22,26-28,36,39H,8,12,15-17H2,1-7H3/t18?,21-,22+,26-,27+,28-,32+,33-,34+/m0/s1. The molecule has 2 saturated heterocycles. The van der Waals surface area contributed by atoms with Crippen molar-refractivity contribution in [3.8, 4) is 0 Å². The van der Waals surface area contributed by atoms with Crippen molar-refractivity contribution < 1.29 is 48.3 Å². The van der Waals surface area contributed by atoms with Gasteiger partial charge in [0, 0.05) is 49.9 Å². The van der Waals surface area contributed by atoms with Gasteiger partial charge >= 0.3 is 11.9 Å². The maximum atomic E-state index is 13.9. The van der Waals surface area contributed by atoms with Crippen molar-refractivity contribution in [2.45, 2.75) is 116 Å². The lowest BCUT2D eigenvalue weighted by Gasteiger charge is -2.67. The lowest BCUT2D eigenvalue weighted by molar-refractivity contribution is -0.359. The SMILES string of the molecule is CCCC(=O)O[C@@]12CO[C@@H]1C[C@H](O)[C@@]1(C)[C@@H]3OC(C)(C)OC3=C3C(C)C(=O)C[C@@](O)([C@@H](OC(=O)c4ccccc4)[C@H]21)C3(C)C. The zero-order valence-electron chi connectivity index (χ0n) is 26.5. The second-order valence-corrected chi connectivity index (χ2v) is 14.5. The maximum Gasteiger partial charge on any atom is 0.338 e. The molecular formula is C34H44O10. The first kappa shape index (κ1) is 31.2. The predicted octanol–water partition coefficient (Wildman–Crippen LogP) is 3.87. The number of aliphatic hydroxyl groups is 2. The number of hydrogen-bond acceptors (Lipinski definition) is 10. The number of esters is 2. The second kappa shape index (κ2) is 10.1. The molecule has 44 heavy (non-hydrogen) atoms. The number of carbonyl (C=O) groups excluding carboxylic acids is 3. The number of hydrogen-bond donors (Lipinski definition) is 2. The average Bonchev–Trinajstić information content (AvgIpc) is 3.27. The highest BCUT2D eigenvalue weighted by atomic mass is 16.7. The number of fused-ring (bicyclic) bond motifs is 7.